The second-order valence-electron chi connectivity index (χ2n) is 5.87. The fourth-order valence-electron chi connectivity index (χ4n) is 2.50. The van der Waals surface area contributed by atoms with E-state index in [0.29, 0.717) is 22.6 Å². The van der Waals surface area contributed by atoms with Gasteiger partial charge in [-0.3, -0.25) is 4.98 Å². The molecule has 0 aliphatic carbocycles. The van der Waals surface area contributed by atoms with Gasteiger partial charge in [-0.1, -0.05) is 17.7 Å². The number of carbonyl (C=O) groups excluding carboxylic acids is 2. The lowest BCUT2D eigenvalue weighted by Crippen LogP contribution is -2.21. The summed E-state index contributed by atoms with van der Waals surface area (Å²) in [6.07, 6.45) is 0. The first kappa shape index (κ1) is 18.4. The number of pyridine rings is 1. The highest BCUT2D eigenvalue weighted by Crippen LogP contribution is 2.20. The van der Waals surface area contributed by atoms with Crippen molar-refractivity contribution in [3.63, 3.8) is 0 Å². The van der Waals surface area contributed by atoms with Crippen LogP contribution in [0.3, 0.4) is 0 Å². The Morgan fingerprint density at radius 3 is 2.32 bits per heavy atom. The number of aromatic nitrogens is 1. The van der Waals surface area contributed by atoms with Crippen LogP contribution in [0, 0.1) is 27.7 Å². The first-order chi connectivity index (χ1) is 11.8. The average Bonchev–Trinajstić information content (AvgIpc) is 2.53. The van der Waals surface area contributed by atoms with E-state index in [9.17, 15) is 9.59 Å². The third-order valence-corrected chi connectivity index (χ3v) is 3.78. The zero-order valence-electron chi connectivity index (χ0n) is 15.2. The molecule has 0 aliphatic heterocycles. The number of carbonyl (C=O) groups is 2. The van der Waals surface area contributed by atoms with Gasteiger partial charge in [-0.15, -0.1) is 0 Å². The van der Waals surface area contributed by atoms with Crippen LogP contribution in [0.1, 0.15) is 39.8 Å². The summed E-state index contributed by atoms with van der Waals surface area (Å²) in [6, 6.07) is 6.98. The lowest BCUT2D eigenvalue weighted by molar-refractivity contribution is 0.0525. The van der Waals surface area contributed by atoms with E-state index in [-0.39, 0.29) is 6.61 Å². The molecule has 0 unspecified atom stereocenters. The topological polar surface area (TPSA) is 80.3 Å². The second-order valence-corrected chi connectivity index (χ2v) is 5.87. The van der Waals surface area contributed by atoms with Crippen LogP contribution in [0.25, 0.3) is 0 Å². The summed E-state index contributed by atoms with van der Waals surface area (Å²) in [4.78, 5) is 28.6. The number of anilines is 2. The lowest BCUT2D eigenvalue weighted by Gasteiger charge is -2.14. The zero-order chi connectivity index (χ0) is 18.6. The van der Waals surface area contributed by atoms with Crippen molar-refractivity contribution < 1.29 is 14.3 Å². The van der Waals surface area contributed by atoms with Crippen molar-refractivity contribution in [1.82, 2.24) is 4.98 Å². The first-order valence-corrected chi connectivity index (χ1v) is 8.12. The number of aryl methyl sites for hydroxylation is 4. The van der Waals surface area contributed by atoms with E-state index in [4.69, 9.17) is 4.74 Å². The van der Waals surface area contributed by atoms with Gasteiger partial charge in [0, 0.05) is 5.69 Å². The Balaban J connectivity index is 2.19. The van der Waals surface area contributed by atoms with Crippen LogP contribution in [-0.2, 0) is 4.74 Å². The van der Waals surface area contributed by atoms with Gasteiger partial charge in [0.25, 0.3) is 0 Å². The molecule has 2 rings (SSSR count). The Morgan fingerprint density at radius 1 is 1.00 bits per heavy atom. The van der Waals surface area contributed by atoms with Crippen LogP contribution in [-0.4, -0.2) is 23.6 Å². The number of hydrogen-bond acceptors (Lipinski definition) is 4. The monoisotopic (exact) mass is 341 g/mol. The second kappa shape index (κ2) is 7.79. The fourth-order valence-corrected chi connectivity index (χ4v) is 2.50. The molecule has 0 saturated heterocycles. The van der Waals surface area contributed by atoms with Gasteiger partial charge in [0.2, 0.25) is 0 Å². The molecule has 1 heterocycles. The Kier molecular flexibility index (Phi) is 5.75. The summed E-state index contributed by atoms with van der Waals surface area (Å²) < 4.78 is 5.02. The van der Waals surface area contributed by atoms with Crippen molar-refractivity contribution in [3.05, 3.63) is 52.3 Å². The third-order valence-electron chi connectivity index (χ3n) is 3.78. The molecule has 0 bridgehead atoms. The maximum atomic E-state index is 12.3. The maximum absolute atomic E-state index is 12.3. The minimum atomic E-state index is -0.453. The molecule has 0 radical (unpaired) electrons. The molecule has 6 heteroatoms. The summed E-state index contributed by atoms with van der Waals surface area (Å²) in [5.41, 5.74) is 4.83. The van der Waals surface area contributed by atoms with E-state index >= 15 is 0 Å². The van der Waals surface area contributed by atoms with Gasteiger partial charge >= 0.3 is 12.0 Å². The molecule has 2 amide bonds. The van der Waals surface area contributed by atoms with Crippen LogP contribution in [0.2, 0.25) is 0 Å². The molecular formula is C19H23N3O3. The van der Waals surface area contributed by atoms with Gasteiger partial charge < -0.3 is 15.4 Å². The minimum absolute atomic E-state index is 0.280. The van der Waals surface area contributed by atoms with Crippen molar-refractivity contribution in [1.29, 1.82) is 0 Å². The summed E-state index contributed by atoms with van der Waals surface area (Å²) in [6.45, 7) is 9.45. The van der Waals surface area contributed by atoms with Crippen LogP contribution in [0.5, 0.6) is 0 Å². The SMILES string of the molecule is CCOC(=O)c1cc(NC(=O)Nc2ccc(C)cc2C)c(C)nc1C. The summed E-state index contributed by atoms with van der Waals surface area (Å²) in [5.74, 6) is -0.453. The van der Waals surface area contributed by atoms with Crippen LogP contribution < -0.4 is 10.6 Å². The quantitative estimate of drug-likeness (QED) is 0.819. The van der Waals surface area contributed by atoms with Crippen molar-refractivity contribution in [2.45, 2.75) is 34.6 Å². The van der Waals surface area contributed by atoms with Crippen molar-refractivity contribution in [2.24, 2.45) is 0 Å². The molecular weight excluding hydrogens is 318 g/mol. The number of esters is 1. The minimum Gasteiger partial charge on any atom is -0.462 e. The van der Waals surface area contributed by atoms with E-state index in [1.54, 1.807) is 26.8 Å². The van der Waals surface area contributed by atoms with Gasteiger partial charge in [-0.25, -0.2) is 9.59 Å². The van der Waals surface area contributed by atoms with E-state index in [1.165, 1.54) is 0 Å². The number of nitrogens with one attached hydrogen (secondary N) is 2. The van der Waals surface area contributed by atoms with E-state index in [0.717, 1.165) is 16.8 Å². The van der Waals surface area contributed by atoms with Crippen molar-refractivity contribution >= 4 is 23.4 Å². The van der Waals surface area contributed by atoms with Gasteiger partial charge in [0.1, 0.15) is 0 Å². The predicted molar refractivity (Wildman–Crippen MR) is 98.2 cm³/mol. The van der Waals surface area contributed by atoms with E-state index in [2.05, 4.69) is 15.6 Å². The number of urea groups is 1. The van der Waals surface area contributed by atoms with Crippen LogP contribution >= 0.6 is 0 Å². The highest BCUT2D eigenvalue weighted by molar-refractivity contribution is 6.01. The molecule has 1 aromatic heterocycles. The molecule has 2 aromatic rings. The Morgan fingerprint density at radius 2 is 1.68 bits per heavy atom. The van der Waals surface area contributed by atoms with Gasteiger partial charge in [0.05, 0.1) is 29.2 Å². The fraction of sp³-hybridized carbons (Fsp3) is 0.316. The third kappa shape index (κ3) is 4.56. The molecule has 132 valence electrons. The Bertz CT molecular complexity index is 816. The molecule has 0 fully saturated rings. The molecule has 2 N–H and O–H groups in total. The van der Waals surface area contributed by atoms with Crippen molar-refractivity contribution in [3.8, 4) is 0 Å². The summed E-state index contributed by atoms with van der Waals surface area (Å²) in [7, 11) is 0. The first-order valence-electron chi connectivity index (χ1n) is 8.12. The van der Waals surface area contributed by atoms with Gasteiger partial charge in [-0.05, 0) is 52.3 Å². The van der Waals surface area contributed by atoms with Gasteiger partial charge in [-0.2, -0.15) is 0 Å². The molecule has 1 aromatic carbocycles. The number of nitrogens with zero attached hydrogens (tertiary/aromatic N) is 1. The number of ether oxygens (including phenoxy) is 1. The molecule has 6 nitrogen and oxygen atoms in total. The smallest absolute Gasteiger partial charge is 0.340 e. The van der Waals surface area contributed by atoms with E-state index in [1.807, 2.05) is 32.0 Å². The Hall–Kier alpha value is -2.89. The normalized spacial score (nSPS) is 10.3. The average molecular weight is 341 g/mol. The van der Waals surface area contributed by atoms with Crippen molar-refractivity contribution in [2.75, 3.05) is 17.2 Å². The number of benzene rings is 1. The summed E-state index contributed by atoms with van der Waals surface area (Å²) in [5, 5.41) is 5.55. The largest absolute Gasteiger partial charge is 0.462 e. The molecule has 0 spiro atoms. The number of amides is 2. The highest BCUT2D eigenvalue weighted by atomic mass is 16.5. The van der Waals surface area contributed by atoms with Crippen LogP contribution in [0.4, 0.5) is 16.2 Å². The number of hydrogen-bond donors (Lipinski definition) is 2. The molecule has 25 heavy (non-hydrogen) atoms. The van der Waals surface area contributed by atoms with Crippen LogP contribution in [0.15, 0.2) is 24.3 Å². The molecule has 0 saturated carbocycles. The molecule has 0 aliphatic rings. The maximum Gasteiger partial charge on any atom is 0.340 e. The predicted octanol–water partition coefficient (Wildman–Crippen LogP) is 4.14. The summed E-state index contributed by atoms with van der Waals surface area (Å²) >= 11 is 0. The molecule has 0 atom stereocenters. The Labute approximate surface area is 147 Å². The lowest BCUT2D eigenvalue weighted by atomic mass is 10.1. The zero-order valence-corrected chi connectivity index (χ0v) is 15.2. The van der Waals surface area contributed by atoms with E-state index < -0.39 is 12.0 Å². The highest BCUT2D eigenvalue weighted by Gasteiger charge is 2.16. The standard InChI is InChI=1S/C19H23N3O3/c1-6-25-18(23)15-10-17(14(5)20-13(15)4)22-19(24)21-16-8-7-11(2)9-12(16)3/h7-10H,6H2,1-5H3,(H2,21,22,24). The van der Waals surface area contributed by atoms with Gasteiger partial charge in [0.15, 0.2) is 0 Å². The number of rotatable bonds is 4.